The fourth-order valence-corrected chi connectivity index (χ4v) is 2.84. The van der Waals surface area contributed by atoms with Crippen LogP contribution in [-0.2, 0) is 0 Å². The summed E-state index contributed by atoms with van der Waals surface area (Å²) in [6, 6.07) is 9.40. The molecule has 0 saturated heterocycles. The second-order valence-corrected chi connectivity index (χ2v) is 6.31. The standard InChI is InChI=1S/C17H17N3O2S/c1-11(2)18-14-8-4-5-9-20(14)17(21)15-12(3)22-16(19-15)13-7-6-10-23-13/h4-11H,1-3H3. The maximum Gasteiger partial charge on any atom is 0.285 e. The quantitative estimate of drug-likeness (QED) is 0.739. The molecule has 3 heterocycles. The van der Waals surface area contributed by atoms with Gasteiger partial charge in [-0.25, -0.2) is 4.98 Å². The molecule has 0 spiro atoms. The van der Waals surface area contributed by atoms with Crippen LogP contribution in [0.3, 0.4) is 0 Å². The van der Waals surface area contributed by atoms with Crippen LogP contribution in [-0.4, -0.2) is 21.5 Å². The van der Waals surface area contributed by atoms with Gasteiger partial charge in [-0.15, -0.1) is 11.3 Å². The topological polar surface area (TPSA) is 60.4 Å². The second-order valence-electron chi connectivity index (χ2n) is 5.36. The lowest BCUT2D eigenvalue weighted by Crippen LogP contribution is -2.28. The maximum atomic E-state index is 12.8. The van der Waals surface area contributed by atoms with Gasteiger partial charge in [0.25, 0.3) is 5.91 Å². The summed E-state index contributed by atoms with van der Waals surface area (Å²) < 4.78 is 7.16. The molecule has 0 aromatic carbocycles. The van der Waals surface area contributed by atoms with Crippen molar-refractivity contribution < 1.29 is 9.21 Å². The minimum Gasteiger partial charge on any atom is -0.440 e. The van der Waals surface area contributed by atoms with E-state index in [4.69, 9.17) is 4.42 Å². The van der Waals surface area contributed by atoms with Gasteiger partial charge in [0, 0.05) is 12.2 Å². The summed E-state index contributed by atoms with van der Waals surface area (Å²) in [6.45, 7) is 5.69. The average molecular weight is 327 g/mol. The lowest BCUT2D eigenvalue weighted by Gasteiger charge is -2.05. The minimum atomic E-state index is -0.242. The molecule has 0 fully saturated rings. The highest BCUT2D eigenvalue weighted by atomic mass is 32.1. The monoisotopic (exact) mass is 327 g/mol. The molecule has 3 rings (SSSR count). The summed E-state index contributed by atoms with van der Waals surface area (Å²) in [5, 5.41) is 1.95. The van der Waals surface area contributed by atoms with Crippen LogP contribution in [0, 0.1) is 6.92 Å². The fraction of sp³-hybridized carbons (Fsp3) is 0.235. The highest BCUT2D eigenvalue weighted by molar-refractivity contribution is 7.13. The van der Waals surface area contributed by atoms with Gasteiger partial charge in [0.05, 0.1) is 4.88 Å². The van der Waals surface area contributed by atoms with Gasteiger partial charge in [-0.05, 0) is 44.4 Å². The number of thiophene rings is 1. The zero-order chi connectivity index (χ0) is 16.4. The zero-order valence-electron chi connectivity index (χ0n) is 13.2. The van der Waals surface area contributed by atoms with Crippen molar-refractivity contribution in [3.8, 4) is 10.8 Å². The minimum absolute atomic E-state index is 0.0940. The molecule has 0 bridgehead atoms. The van der Waals surface area contributed by atoms with E-state index in [0.29, 0.717) is 22.8 Å². The van der Waals surface area contributed by atoms with E-state index in [9.17, 15) is 4.79 Å². The van der Waals surface area contributed by atoms with Crippen molar-refractivity contribution in [1.82, 2.24) is 9.55 Å². The molecule has 118 valence electrons. The lowest BCUT2D eigenvalue weighted by atomic mass is 10.3. The molecule has 0 amide bonds. The molecule has 0 atom stereocenters. The molecule has 3 aromatic heterocycles. The SMILES string of the molecule is Cc1oc(-c2cccs2)nc1C(=O)n1ccccc1=NC(C)C. The van der Waals surface area contributed by atoms with Gasteiger partial charge < -0.3 is 4.42 Å². The van der Waals surface area contributed by atoms with Crippen molar-refractivity contribution in [2.75, 3.05) is 0 Å². The Bertz CT molecular complexity index is 889. The third-order valence-electron chi connectivity index (χ3n) is 3.18. The van der Waals surface area contributed by atoms with Crippen LogP contribution in [0.5, 0.6) is 0 Å². The summed E-state index contributed by atoms with van der Waals surface area (Å²) in [5.74, 6) is 0.735. The summed E-state index contributed by atoms with van der Waals surface area (Å²) in [4.78, 5) is 22.6. The van der Waals surface area contributed by atoms with E-state index >= 15 is 0 Å². The van der Waals surface area contributed by atoms with E-state index in [-0.39, 0.29) is 11.9 Å². The molecule has 23 heavy (non-hydrogen) atoms. The van der Waals surface area contributed by atoms with Gasteiger partial charge in [-0.2, -0.15) is 0 Å². The fourth-order valence-electron chi connectivity index (χ4n) is 2.19. The predicted octanol–water partition coefficient (Wildman–Crippen LogP) is 3.51. The number of carbonyl (C=O) groups is 1. The van der Waals surface area contributed by atoms with Crippen LogP contribution >= 0.6 is 11.3 Å². The molecular formula is C17H17N3O2S. The largest absolute Gasteiger partial charge is 0.440 e. The van der Waals surface area contributed by atoms with E-state index in [2.05, 4.69) is 9.98 Å². The van der Waals surface area contributed by atoms with Crippen molar-refractivity contribution in [1.29, 1.82) is 0 Å². The van der Waals surface area contributed by atoms with E-state index < -0.39 is 0 Å². The molecule has 0 aliphatic heterocycles. The predicted molar refractivity (Wildman–Crippen MR) is 89.4 cm³/mol. The first-order valence-electron chi connectivity index (χ1n) is 7.34. The molecule has 0 saturated carbocycles. The van der Waals surface area contributed by atoms with Crippen molar-refractivity contribution >= 4 is 17.2 Å². The Morgan fingerprint density at radius 3 is 2.83 bits per heavy atom. The van der Waals surface area contributed by atoms with E-state index in [1.165, 1.54) is 15.9 Å². The molecule has 6 heteroatoms. The van der Waals surface area contributed by atoms with Gasteiger partial charge in [0.1, 0.15) is 11.2 Å². The van der Waals surface area contributed by atoms with Crippen LogP contribution in [0.25, 0.3) is 10.8 Å². The summed E-state index contributed by atoms with van der Waals surface area (Å²) >= 11 is 1.52. The molecule has 0 N–H and O–H groups in total. The van der Waals surface area contributed by atoms with E-state index in [0.717, 1.165) is 4.88 Å². The molecule has 3 aromatic rings. The first-order chi connectivity index (χ1) is 11.1. The number of nitrogens with zero attached hydrogens (tertiary/aromatic N) is 3. The van der Waals surface area contributed by atoms with E-state index in [1.54, 1.807) is 19.2 Å². The lowest BCUT2D eigenvalue weighted by molar-refractivity contribution is 0.0948. The maximum absolute atomic E-state index is 12.8. The summed E-state index contributed by atoms with van der Waals surface area (Å²) in [5.41, 5.74) is 0.914. The number of pyridine rings is 1. The van der Waals surface area contributed by atoms with Gasteiger partial charge >= 0.3 is 0 Å². The Morgan fingerprint density at radius 2 is 2.13 bits per heavy atom. The van der Waals surface area contributed by atoms with Crippen molar-refractivity contribution in [2.45, 2.75) is 26.8 Å². The number of aryl methyl sites for hydroxylation is 1. The highest BCUT2D eigenvalue weighted by Crippen LogP contribution is 2.26. The van der Waals surface area contributed by atoms with Crippen LogP contribution in [0.4, 0.5) is 0 Å². The summed E-state index contributed by atoms with van der Waals surface area (Å²) in [6.07, 6.45) is 1.70. The van der Waals surface area contributed by atoms with Gasteiger partial charge in [-0.1, -0.05) is 12.1 Å². The number of hydrogen-bond acceptors (Lipinski definition) is 5. The van der Waals surface area contributed by atoms with Crippen LogP contribution in [0.15, 0.2) is 51.3 Å². The Labute approximate surface area is 138 Å². The van der Waals surface area contributed by atoms with Crippen molar-refractivity contribution in [3.05, 3.63) is 58.9 Å². The van der Waals surface area contributed by atoms with Gasteiger partial charge in [-0.3, -0.25) is 14.4 Å². The highest BCUT2D eigenvalue weighted by Gasteiger charge is 2.20. The summed E-state index contributed by atoms with van der Waals surface area (Å²) in [7, 11) is 0. The average Bonchev–Trinajstić information content (AvgIpc) is 3.15. The smallest absolute Gasteiger partial charge is 0.285 e. The first-order valence-corrected chi connectivity index (χ1v) is 8.22. The molecule has 0 aliphatic rings. The molecular weight excluding hydrogens is 310 g/mol. The third-order valence-corrected chi connectivity index (χ3v) is 4.04. The Morgan fingerprint density at radius 1 is 1.30 bits per heavy atom. The van der Waals surface area contributed by atoms with Crippen LogP contribution in [0.2, 0.25) is 0 Å². The molecule has 0 radical (unpaired) electrons. The van der Waals surface area contributed by atoms with E-state index in [1.807, 2.05) is 43.5 Å². The number of oxazole rings is 1. The van der Waals surface area contributed by atoms with Crippen molar-refractivity contribution in [3.63, 3.8) is 0 Å². The Balaban J connectivity index is 2.06. The molecule has 0 aliphatic carbocycles. The first kappa shape index (κ1) is 15.4. The van der Waals surface area contributed by atoms with Gasteiger partial charge in [0.2, 0.25) is 5.89 Å². The molecule has 5 nitrogen and oxygen atoms in total. The number of carbonyl (C=O) groups excluding carboxylic acids is 1. The van der Waals surface area contributed by atoms with Gasteiger partial charge in [0.15, 0.2) is 5.69 Å². The second kappa shape index (κ2) is 6.34. The number of rotatable bonds is 3. The Kier molecular flexibility index (Phi) is 4.25. The number of hydrogen-bond donors (Lipinski definition) is 0. The number of aromatic nitrogens is 2. The third kappa shape index (κ3) is 3.17. The Hall–Kier alpha value is -2.47. The molecule has 0 unspecified atom stereocenters. The van der Waals surface area contributed by atoms with Crippen molar-refractivity contribution in [2.24, 2.45) is 4.99 Å². The van der Waals surface area contributed by atoms with Crippen LogP contribution < -0.4 is 5.49 Å². The van der Waals surface area contributed by atoms with Crippen LogP contribution in [0.1, 0.15) is 30.1 Å². The normalized spacial score (nSPS) is 12.1. The zero-order valence-corrected chi connectivity index (χ0v) is 14.0.